The van der Waals surface area contributed by atoms with Crippen LogP contribution in [0.25, 0.3) is 0 Å². The number of carbonyl (C=O) groups is 1. The predicted octanol–water partition coefficient (Wildman–Crippen LogP) is 8.36. The van der Waals surface area contributed by atoms with Crippen LogP contribution in [-0.4, -0.2) is 79.0 Å². The van der Waals surface area contributed by atoms with Crippen molar-refractivity contribution in [3.05, 3.63) is 56.5 Å². The van der Waals surface area contributed by atoms with Crippen molar-refractivity contribution in [1.82, 2.24) is 15.1 Å². The average molecular weight is 676 g/mol. The lowest BCUT2D eigenvalue weighted by atomic mass is 9.99. The Morgan fingerprint density at radius 1 is 0.721 bits per heavy atom. The molecule has 0 aliphatic carbocycles. The van der Waals surface area contributed by atoms with Gasteiger partial charge in [-0.15, -0.1) is 0 Å². The van der Waals surface area contributed by atoms with E-state index in [0.29, 0.717) is 32.2 Å². The fourth-order valence-electron chi connectivity index (χ4n) is 5.50. The minimum atomic E-state index is -0.440. The van der Waals surface area contributed by atoms with Gasteiger partial charge in [-0.2, -0.15) is 0 Å². The molecule has 2 aromatic rings. The summed E-state index contributed by atoms with van der Waals surface area (Å²) in [6.45, 7) is 11.3. The number of hydrogen-bond acceptors (Lipinski definition) is 6. The van der Waals surface area contributed by atoms with Gasteiger partial charge in [0.2, 0.25) is 0 Å². The fraction of sp³-hybridized carbons (Fsp3) is 0.594. The van der Waals surface area contributed by atoms with Crippen molar-refractivity contribution in [3.63, 3.8) is 0 Å². The summed E-state index contributed by atoms with van der Waals surface area (Å²) in [5, 5.41) is 5.47. The lowest BCUT2D eigenvalue weighted by Gasteiger charge is -2.41. The number of ether oxygens (including phenoxy) is 3. The quantitative estimate of drug-likeness (QED) is 0.344. The van der Waals surface area contributed by atoms with Gasteiger partial charge < -0.3 is 24.4 Å². The van der Waals surface area contributed by atoms with E-state index >= 15 is 0 Å². The molecule has 3 fully saturated rings. The van der Waals surface area contributed by atoms with Crippen LogP contribution in [0.1, 0.15) is 59.3 Å². The summed E-state index contributed by atoms with van der Waals surface area (Å²) in [5.74, 6) is 1.58. The standard InChI is InChI=1S/C21H30Cl2N2O3.C11H13Cl2NO/c1-21(2,3)28-20(26)25-10-6-15(7-11-25)24-12-8-16(9-13-24)27-17-4-5-18(22)19(23)14-17;12-10-2-1-9(7-11(10)13)15-8-3-5-14-6-4-8/h4-5,14-16H,6-13H2,1-3H3;1-2,7-8,14H,3-6H2. The molecule has 0 saturated carbocycles. The van der Waals surface area contributed by atoms with Gasteiger partial charge in [-0.05, 0) is 96.7 Å². The number of nitrogens with zero attached hydrogens (tertiary/aromatic N) is 2. The Hall–Kier alpha value is -1.61. The molecule has 3 aliphatic heterocycles. The van der Waals surface area contributed by atoms with Crippen molar-refractivity contribution in [2.45, 2.75) is 83.1 Å². The molecule has 2 aromatic carbocycles. The molecule has 0 bridgehead atoms. The molecule has 0 radical (unpaired) electrons. The number of benzene rings is 2. The lowest BCUT2D eigenvalue weighted by Crippen LogP contribution is -2.50. The molecule has 0 spiro atoms. The van der Waals surface area contributed by atoms with Crippen molar-refractivity contribution in [1.29, 1.82) is 0 Å². The maximum absolute atomic E-state index is 12.2. The van der Waals surface area contributed by atoms with Crippen LogP contribution in [0, 0.1) is 0 Å². The third kappa shape index (κ3) is 11.1. The highest BCUT2D eigenvalue weighted by Crippen LogP contribution is 2.30. The molecule has 43 heavy (non-hydrogen) atoms. The Kier molecular flexibility index (Phi) is 12.8. The van der Waals surface area contributed by atoms with Crippen molar-refractivity contribution in [2.75, 3.05) is 39.3 Å². The van der Waals surface area contributed by atoms with Gasteiger partial charge >= 0.3 is 6.09 Å². The minimum absolute atomic E-state index is 0.195. The first-order chi connectivity index (χ1) is 20.5. The predicted molar refractivity (Wildman–Crippen MR) is 175 cm³/mol. The highest BCUT2D eigenvalue weighted by atomic mass is 35.5. The van der Waals surface area contributed by atoms with Crippen molar-refractivity contribution >= 4 is 52.5 Å². The first-order valence-electron chi connectivity index (χ1n) is 15.1. The van der Waals surface area contributed by atoms with Gasteiger partial charge in [-0.1, -0.05) is 46.4 Å². The SMILES string of the molecule is CC(C)(C)OC(=O)N1CCC(N2CCC(Oc3ccc(Cl)c(Cl)c3)CC2)CC1.Clc1ccc(OC2CCNCC2)cc1Cl. The van der Waals surface area contributed by atoms with Gasteiger partial charge in [0.05, 0.1) is 20.1 Å². The topological polar surface area (TPSA) is 63.3 Å². The van der Waals surface area contributed by atoms with Gasteiger partial charge in [0.25, 0.3) is 0 Å². The van der Waals surface area contributed by atoms with Gasteiger partial charge in [0, 0.05) is 44.4 Å². The van der Waals surface area contributed by atoms with E-state index in [2.05, 4.69) is 10.2 Å². The second-order valence-corrected chi connectivity index (χ2v) is 13.9. The summed E-state index contributed by atoms with van der Waals surface area (Å²) in [4.78, 5) is 16.6. The van der Waals surface area contributed by atoms with Gasteiger partial charge in [0.1, 0.15) is 29.3 Å². The molecular formula is C32H43Cl4N3O4. The summed E-state index contributed by atoms with van der Waals surface area (Å²) in [6, 6.07) is 11.3. The van der Waals surface area contributed by atoms with Crippen LogP contribution in [0.4, 0.5) is 4.79 Å². The Morgan fingerprint density at radius 2 is 1.21 bits per heavy atom. The van der Waals surface area contributed by atoms with E-state index < -0.39 is 5.60 Å². The van der Waals surface area contributed by atoms with E-state index in [0.717, 1.165) is 89.3 Å². The molecule has 7 nitrogen and oxygen atoms in total. The third-order valence-corrected chi connectivity index (χ3v) is 9.26. The zero-order chi connectivity index (χ0) is 31.0. The molecule has 3 aliphatic rings. The molecule has 3 heterocycles. The van der Waals surface area contributed by atoms with Crippen LogP contribution in [0.5, 0.6) is 11.5 Å². The number of piperidine rings is 3. The summed E-state index contributed by atoms with van der Waals surface area (Å²) < 4.78 is 17.4. The molecule has 1 N–H and O–H groups in total. The molecular weight excluding hydrogens is 632 g/mol. The molecule has 1 amide bonds. The molecule has 0 aromatic heterocycles. The number of rotatable bonds is 5. The zero-order valence-electron chi connectivity index (χ0n) is 25.2. The molecule has 238 valence electrons. The van der Waals surface area contributed by atoms with Crippen LogP contribution in [0.15, 0.2) is 36.4 Å². The smallest absolute Gasteiger partial charge is 0.410 e. The zero-order valence-corrected chi connectivity index (χ0v) is 28.2. The number of likely N-dealkylation sites (tertiary alicyclic amines) is 2. The minimum Gasteiger partial charge on any atom is -0.490 e. The molecule has 11 heteroatoms. The van der Waals surface area contributed by atoms with E-state index in [1.165, 1.54) is 0 Å². The number of nitrogens with one attached hydrogen (secondary N) is 1. The van der Waals surface area contributed by atoms with Crippen molar-refractivity contribution in [2.24, 2.45) is 0 Å². The average Bonchev–Trinajstić information content (AvgIpc) is 2.97. The second-order valence-electron chi connectivity index (χ2n) is 12.3. The van der Waals surface area contributed by atoms with E-state index in [4.69, 9.17) is 60.6 Å². The van der Waals surface area contributed by atoms with E-state index in [-0.39, 0.29) is 12.2 Å². The van der Waals surface area contributed by atoms with E-state index in [1.54, 1.807) is 24.3 Å². The van der Waals surface area contributed by atoms with Crippen LogP contribution in [0.3, 0.4) is 0 Å². The summed E-state index contributed by atoms with van der Waals surface area (Å²) in [5.41, 5.74) is -0.440. The maximum Gasteiger partial charge on any atom is 0.410 e. The first-order valence-corrected chi connectivity index (χ1v) is 16.6. The first kappa shape index (κ1) is 34.3. The Bertz CT molecular complexity index is 1190. The monoisotopic (exact) mass is 673 g/mol. The van der Waals surface area contributed by atoms with E-state index in [9.17, 15) is 4.79 Å². The summed E-state index contributed by atoms with van der Waals surface area (Å²) in [6.07, 6.45) is 6.37. The number of halogens is 4. The largest absolute Gasteiger partial charge is 0.490 e. The van der Waals surface area contributed by atoms with Gasteiger partial charge in [0.15, 0.2) is 0 Å². The normalized spacial score (nSPS) is 19.4. The highest BCUT2D eigenvalue weighted by molar-refractivity contribution is 6.42. The number of hydrogen-bond donors (Lipinski definition) is 1. The van der Waals surface area contributed by atoms with Crippen LogP contribution in [0.2, 0.25) is 20.1 Å². The molecule has 0 unspecified atom stereocenters. The Morgan fingerprint density at radius 3 is 1.67 bits per heavy atom. The van der Waals surface area contributed by atoms with Gasteiger partial charge in [-0.3, -0.25) is 4.90 Å². The summed E-state index contributed by atoms with van der Waals surface area (Å²) in [7, 11) is 0. The van der Waals surface area contributed by atoms with Crippen molar-refractivity contribution < 1.29 is 19.0 Å². The summed E-state index contributed by atoms with van der Waals surface area (Å²) >= 11 is 23.8. The third-order valence-electron chi connectivity index (χ3n) is 7.78. The lowest BCUT2D eigenvalue weighted by molar-refractivity contribution is 0.00906. The molecule has 0 atom stereocenters. The number of carbonyl (C=O) groups excluding carboxylic acids is 1. The second kappa shape index (κ2) is 16.1. The highest BCUT2D eigenvalue weighted by Gasteiger charge is 2.31. The fourth-order valence-corrected chi connectivity index (χ4v) is 6.07. The van der Waals surface area contributed by atoms with E-state index in [1.807, 2.05) is 37.8 Å². The van der Waals surface area contributed by atoms with Crippen LogP contribution < -0.4 is 14.8 Å². The Balaban J connectivity index is 0.000000237. The Labute approximate surface area is 276 Å². The van der Waals surface area contributed by atoms with Crippen LogP contribution in [-0.2, 0) is 4.74 Å². The molecule has 3 saturated heterocycles. The maximum atomic E-state index is 12.2. The number of amides is 1. The van der Waals surface area contributed by atoms with Crippen molar-refractivity contribution in [3.8, 4) is 11.5 Å². The van der Waals surface area contributed by atoms with Gasteiger partial charge in [-0.25, -0.2) is 4.79 Å². The molecule has 5 rings (SSSR count). The van der Waals surface area contributed by atoms with Crippen LogP contribution >= 0.6 is 46.4 Å².